The second-order valence-electron chi connectivity index (χ2n) is 5.40. The maximum absolute atomic E-state index is 6.08. The molecule has 0 radical (unpaired) electrons. The summed E-state index contributed by atoms with van der Waals surface area (Å²) in [7, 11) is 0. The quantitative estimate of drug-likeness (QED) is 0.817. The van der Waals surface area contributed by atoms with E-state index in [2.05, 4.69) is 47.3 Å². The lowest BCUT2D eigenvalue weighted by Crippen LogP contribution is -2.31. The highest BCUT2D eigenvalue weighted by molar-refractivity contribution is 9.10. The fourth-order valence-corrected chi connectivity index (χ4v) is 4.07. The summed E-state index contributed by atoms with van der Waals surface area (Å²) in [6, 6.07) is 2.35. The summed E-state index contributed by atoms with van der Waals surface area (Å²) in [6.45, 7) is 4.62. The van der Waals surface area contributed by atoms with Crippen molar-refractivity contribution in [2.24, 2.45) is 11.1 Å². The van der Waals surface area contributed by atoms with E-state index in [0.29, 0.717) is 5.41 Å². The Morgan fingerprint density at radius 2 is 2.31 bits per heavy atom. The van der Waals surface area contributed by atoms with Gasteiger partial charge in [0.15, 0.2) is 0 Å². The lowest BCUT2D eigenvalue weighted by atomic mass is 9.75. The minimum Gasteiger partial charge on any atom is -0.324 e. The van der Waals surface area contributed by atoms with E-state index < -0.39 is 0 Å². The van der Waals surface area contributed by atoms with Gasteiger partial charge >= 0.3 is 0 Å². The first kappa shape index (κ1) is 12.3. The van der Waals surface area contributed by atoms with Crippen LogP contribution in [0.4, 0.5) is 0 Å². The van der Waals surface area contributed by atoms with E-state index in [1.54, 1.807) is 0 Å². The van der Waals surface area contributed by atoms with Crippen LogP contribution >= 0.6 is 27.3 Å². The number of thiophene rings is 1. The SMILES string of the molecule is CC1(C)CC(Cc2sccc2Br)=CC(N)C1. The van der Waals surface area contributed by atoms with Gasteiger partial charge in [-0.2, -0.15) is 0 Å². The monoisotopic (exact) mass is 299 g/mol. The molecule has 0 aliphatic heterocycles. The van der Waals surface area contributed by atoms with Gasteiger partial charge in [-0.15, -0.1) is 11.3 Å². The molecule has 2 N–H and O–H groups in total. The second-order valence-corrected chi connectivity index (χ2v) is 7.26. The number of halogens is 1. The van der Waals surface area contributed by atoms with Crippen molar-refractivity contribution < 1.29 is 0 Å². The summed E-state index contributed by atoms with van der Waals surface area (Å²) in [4.78, 5) is 1.41. The molecule has 1 atom stereocenters. The molecule has 2 rings (SSSR count). The van der Waals surface area contributed by atoms with Crippen molar-refractivity contribution in [3.05, 3.63) is 32.4 Å². The highest BCUT2D eigenvalue weighted by Gasteiger charge is 2.27. The fourth-order valence-electron chi connectivity index (χ4n) is 2.52. The van der Waals surface area contributed by atoms with Crippen molar-refractivity contribution in [3.63, 3.8) is 0 Å². The van der Waals surface area contributed by atoms with Gasteiger partial charge in [-0.1, -0.05) is 25.5 Å². The molecule has 1 nitrogen and oxygen atoms in total. The summed E-state index contributed by atoms with van der Waals surface area (Å²) >= 11 is 5.40. The van der Waals surface area contributed by atoms with Crippen molar-refractivity contribution in [2.75, 3.05) is 0 Å². The van der Waals surface area contributed by atoms with Crippen LogP contribution in [0.1, 0.15) is 31.6 Å². The molecule has 3 heteroatoms. The Morgan fingerprint density at radius 3 is 2.88 bits per heavy atom. The highest BCUT2D eigenvalue weighted by Crippen LogP contribution is 2.37. The van der Waals surface area contributed by atoms with Crippen molar-refractivity contribution in [1.29, 1.82) is 0 Å². The maximum Gasteiger partial charge on any atom is 0.0317 e. The number of allylic oxidation sites excluding steroid dienone is 1. The van der Waals surface area contributed by atoms with Gasteiger partial charge in [0.2, 0.25) is 0 Å². The van der Waals surface area contributed by atoms with E-state index >= 15 is 0 Å². The van der Waals surface area contributed by atoms with Crippen molar-refractivity contribution in [1.82, 2.24) is 0 Å². The normalized spacial score (nSPS) is 24.2. The van der Waals surface area contributed by atoms with Crippen LogP contribution in [0, 0.1) is 5.41 Å². The van der Waals surface area contributed by atoms with Gasteiger partial charge < -0.3 is 5.73 Å². The molecule has 1 aromatic heterocycles. The second kappa shape index (κ2) is 4.63. The van der Waals surface area contributed by atoms with E-state index in [-0.39, 0.29) is 6.04 Å². The predicted molar refractivity (Wildman–Crippen MR) is 74.8 cm³/mol. The predicted octanol–water partition coefficient (Wildman–Crippen LogP) is 4.13. The van der Waals surface area contributed by atoms with Crippen LogP contribution in [0.5, 0.6) is 0 Å². The third-order valence-corrected chi connectivity index (χ3v) is 4.95. The van der Waals surface area contributed by atoms with Crippen LogP contribution in [0.3, 0.4) is 0 Å². The summed E-state index contributed by atoms with van der Waals surface area (Å²) in [5.74, 6) is 0. The smallest absolute Gasteiger partial charge is 0.0317 e. The lowest BCUT2D eigenvalue weighted by Gasteiger charge is -2.33. The van der Waals surface area contributed by atoms with Gasteiger partial charge in [0.05, 0.1) is 0 Å². The molecule has 0 bridgehead atoms. The fraction of sp³-hybridized carbons (Fsp3) is 0.538. The van der Waals surface area contributed by atoms with Crippen LogP contribution in [0.25, 0.3) is 0 Å². The molecule has 1 heterocycles. The molecule has 0 spiro atoms. The van der Waals surface area contributed by atoms with Gasteiger partial charge in [0, 0.05) is 21.8 Å². The summed E-state index contributed by atoms with van der Waals surface area (Å²) in [6.07, 6.45) is 5.58. The molecule has 0 fully saturated rings. The van der Waals surface area contributed by atoms with Crippen molar-refractivity contribution in [3.8, 4) is 0 Å². The van der Waals surface area contributed by atoms with Crippen molar-refractivity contribution >= 4 is 27.3 Å². The Labute approximate surface area is 110 Å². The first-order valence-electron chi connectivity index (χ1n) is 5.63. The summed E-state index contributed by atoms with van der Waals surface area (Å²) < 4.78 is 1.23. The molecule has 0 saturated heterocycles. The van der Waals surface area contributed by atoms with Crippen LogP contribution in [-0.2, 0) is 6.42 Å². The Kier molecular flexibility index (Phi) is 3.57. The van der Waals surface area contributed by atoms with Gasteiger partial charge in [-0.25, -0.2) is 0 Å². The zero-order valence-electron chi connectivity index (χ0n) is 9.79. The molecule has 88 valence electrons. The minimum absolute atomic E-state index is 0.234. The van der Waals surface area contributed by atoms with Crippen molar-refractivity contribution in [2.45, 2.75) is 39.2 Å². The van der Waals surface area contributed by atoms with Gasteiger partial charge in [0.25, 0.3) is 0 Å². The third kappa shape index (κ3) is 2.96. The number of rotatable bonds is 2. The molecule has 1 aliphatic carbocycles. The number of nitrogens with two attached hydrogens (primary N) is 1. The topological polar surface area (TPSA) is 26.0 Å². The molecule has 0 saturated carbocycles. The van der Waals surface area contributed by atoms with E-state index in [1.165, 1.54) is 21.3 Å². The minimum atomic E-state index is 0.234. The van der Waals surface area contributed by atoms with Crippen LogP contribution < -0.4 is 5.73 Å². The Morgan fingerprint density at radius 1 is 1.56 bits per heavy atom. The maximum atomic E-state index is 6.08. The third-order valence-electron chi connectivity index (χ3n) is 3.02. The standard InChI is InChI=1S/C13H18BrNS/c1-13(2)7-9(5-10(15)8-13)6-12-11(14)3-4-16-12/h3-5,10H,6-8,15H2,1-2H3. The molecule has 16 heavy (non-hydrogen) atoms. The lowest BCUT2D eigenvalue weighted by molar-refractivity contribution is 0.299. The number of hydrogen-bond acceptors (Lipinski definition) is 2. The van der Waals surface area contributed by atoms with Gasteiger partial charge in [0.1, 0.15) is 0 Å². The van der Waals surface area contributed by atoms with Gasteiger partial charge in [-0.3, -0.25) is 0 Å². The zero-order chi connectivity index (χ0) is 11.8. The van der Waals surface area contributed by atoms with E-state index in [4.69, 9.17) is 5.73 Å². The average Bonchev–Trinajstić information content (AvgIpc) is 2.48. The van der Waals surface area contributed by atoms with E-state index in [1.807, 2.05) is 11.3 Å². The van der Waals surface area contributed by atoms with E-state index in [0.717, 1.165) is 12.8 Å². The summed E-state index contributed by atoms with van der Waals surface area (Å²) in [5.41, 5.74) is 7.93. The molecule has 1 aliphatic rings. The van der Waals surface area contributed by atoms with Crippen LogP contribution in [0.2, 0.25) is 0 Å². The van der Waals surface area contributed by atoms with Crippen LogP contribution in [-0.4, -0.2) is 6.04 Å². The zero-order valence-corrected chi connectivity index (χ0v) is 12.2. The highest BCUT2D eigenvalue weighted by atomic mass is 79.9. The Balaban J connectivity index is 2.13. The Hall–Kier alpha value is -0.120. The molecular formula is C13H18BrNS. The molecule has 0 aromatic carbocycles. The van der Waals surface area contributed by atoms with Gasteiger partial charge in [-0.05, 0) is 45.6 Å². The molecule has 0 amide bonds. The Bertz CT molecular complexity index is 406. The number of hydrogen-bond donors (Lipinski definition) is 1. The molecular weight excluding hydrogens is 282 g/mol. The van der Waals surface area contributed by atoms with E-state index in [9.17, 15) is 0 Å². The largest absolute Gasteiger partial charge is 0.324 e. The molecule has 1 aromatic rings. The first-order chi connectivity index (χ1) is 7.46. The van der Waals surface area contributed by atoms with Crippen LogP contribution in [0.15, 0.2) is 27.6 Å². The average molecular weight is 300 g/mol. The summed E-state index contributed by atoms with van der Waals surface area (Å²) in [5, 5.41) is 2.13. The molecule has 1 unspecified atom stereocenters. The first-order valence-corrected chi connectivity index (χ1v) is 7.30.